The molecule has 0 aromatic carbocycles. The molecule has 0 radical (unpaired) electrons. The molecule has 3 aliphatic rings. The fourth-order valence-corrected chi connectivity index (χ4v) is 2.97. The minimum atomic E-state index is 0.591. The van der Waals surface area contributed by atoms with Gasteiger partial charge in [0.2, 0.25) is 0 Å². The highest BCUT2D eigenvalue weighted by atomic mass is 32.2. The molecule has 1 fully saturated rings. The van der Waals surface area contributed by atoms with Gasteiger partial charge in [-0.3, -0.25) is 10.3 Å². The molecule has 0 aromatic rings. The molecule has 1 atom stereocenters. The summed E-state index contributed by atoms with van der Waals surface area (Å²) in [6, 6.07) is 0.591. The molecular formula is C9H13N3S. The zero-order valence-electron chi connectivity index (χ0n) is 7.44. The Morgan fingerprint density at radius 2 is 2.54 bits per heavy atom. The van der Waals surface area contributed by atoms with E-state index in [2.05, 4.69) is 33.8 Å². The van der Waals surface area contributed by atoms with Crippen LogP contribution in [0.1, 0.15) is 6.42 Å². The van der Waals surface area contributed by atoms with Gasteiger partial charge in [-0.1, -0.05) is 6.08 Å². The van der Waals surface area contributed by atoms with E-state index in [0.29, 0.717) is 6.04 Å². The summed E-state index contributed by atoms with van der Waals surface area (Å²) in [4.78, 5) is 1.49. The van der Waals surface area contributed by atoms with Crippen LogP contribution in [0.25, 0.3) is 0 Å². The lowest BCUT2D eigenvalue weighted by molar-refractivity contribution is 0.0436. The lowest BCUT2D eigenvalue weighted by Crippen LogP contribution is -2.49. The number of hydrogen-bond donors (Lipinski definition) is 1. The number of nitrogens with one attached hydrogen (secondary N) is 1. The average molecular weight is 195 g/mol. The van der Waals surface area contributed by atoms with E-state index in [4.69, 9.17) is 0 Å². The third-order valence-corrected chi connectivity index (χ3v) is 3.74. The first kappa shape index (κ1) is 7.91. The smallest absolute Gasteiger partial charge is 0.0550 e. The molecule has 1 N–H and O–H groups in total. The molecule has 1 unspecified atom stereocenters. The van der Waals surface area contributed by atoms with Crippen molar-refractivity contribution < 1.29 is 0 Å². The SMILES string of the molecule is C1=CN2C=C3SCNC3CN2CC1. The maximum Gasteiger partial charge on any atom is 0.0550 e. The number of nitrogens with zero attached hydrogens (tertiary/aromatic N) is 2. The minimum absolute atomic E-state index is 0.591. The van der Waals surface area contributed by atoms with Crippen molar-refractivity contribution in [1.82, 2.24) is 15.3 Å². The Kier molecular flexibility index (Phi) is 1.85. The summed E-state index contributed by atoms with van der Waals surface area (Å²) in [6.45, 7) is 2.28. The summed E-state index contributed by atoms with van der Waals surface area (Å²) >= 11 is 1.93. The minimum Gasteiger partial charge on any atom is -0.299 e. The van der Waals surface area contributed by atoms with Crippen molar-refractivity contribution in [2.45, 2.75) is 12.5 Å². The first-order valence-corrected chi connectivity index (χ1v) is 5.70. The molecule has 3 nitrogen and oxygen atoms in total. The highest BCUT2D eigenvalue weighted by Crippen LogP contribution is 2.31. The number of fused-ring (bicyclic) bond motifs is 2. The molecule has 0 bridgehead atoms. The topological polar surface area (TPSA) is 18.5 Å². The van der Waals surface area contributed by atoms with E-state index in [0.717, 1.165) is 19.0 Å². The van der Waals surface area contributed by atoms with E-state index in [1.807, 2.05) is 11.8 Å². The largest absolute Gasteiger partial charge is 0.299 e. The Bertz CT molecular complexity index is 274. The van der Waals surface area contributed by atoms with Crippen LogP contribution in [-0.4, -0.2) is 35.0 Å². The monoisotopic (exact) mass is 195 g/mol. The van der Waals surface area contributed by atoms with E-state index < -0.39 is 0 Å². The normalized spacial score (nSPS) is 32.8. The van der Waals surface area contributed by atoms with Crippen molar-refractivity contribution in [2.75, 3.05) is 19.0 Å². The summed E-state index contributed by atoms with van der Waals surface area (Å²) in [5.41, 5.74) is 0. The van der Waals surface area contributed by atoms with Gasteiger partial charge in [0.05, 0.1) is 6.04 Å². The van der Waals surface area contributed by atoms with E-state index in [9.17, 15) is 0 Å². The van der Waals surface area contributed by atoms with Gasteiger partial charge in [0, 0.05) is 36.3 Å². The van der Waals surface area contributed by atoms with Crippen molar-refractivity contribution in [3.8, 4) is 0 Å². The van der Waals surface area contributed by atoms with Gasteiger partial charge < -0.3 is 0 Å². The first-order chi connectivity index (χ1) is 6.43. The second-order valence-electron chi connectivity index (χ2n) is 3.54. The van der Waals surface area contributed by atoms with Gasteiger partial charge >= 0.3 is 0 Å². The van der Waals surface area contributed by atoms with Gasteiger partial charge in [-0.15, -0.1) is 11.8 Å². The molecule has 3 heterocycles. The molecule has 4 heteroatoms. The van der Waals surface area contributed by atoms with Crippen LogP contribution in [0.15, 0.2) is 23.4 Å². The summed E-state index contributed by atoms with van der Waals surface area (Å²) in [5, 5.41) is 8.12. The van der Waals surface area contributed by atoms with Crippen molar-refractivity contribution in [2.24, 2.45) is 0 Å². The highest BCUT2D eigenvalue weighted by Gasteiger charge is 2.30. The number of thioether (sulfide) groups is 1. The van der Waals surface area contributed by atoms with Gasteiger partial charge in [-0.25, -0.2) is 5.01 Å². The first-order valence-electron chi connectivity index (χ1n) is 4.71. The second-order valence-corrected chi connectivity index (χ2v) is 4.59. The summed E-state index contributed by atoms with van der Waals surface area (Å²) in [6.07, 6.45) is 7.85. The van der Waals surface area contributed by atoms with Crippen LogP contribution >= 0.6 is 11.8 Å². The second kappa shape index (κ2) is 3.04. The average Bonchev–Trinajstić information content (AvgIpc) is 2.61. The molecule has 0 aromatic heterocycles. The predicted molar refractivity (Wildman–Crippen MR) is 54.6 cm³/mol. The maximum atomic E-state index is 3.49. The third kappa shape index (κ3) is 1.29. The Balaban J connectivity index is 1.90. The van der Waals surface area contributed by atoms with Crippen molar-refractivity contribution in [3.05, 3.63) is 23.4 Å². The Hall–Kier alpha value is -0.450. The Labute approximate surface area is 82.4 Å². The van der Waals surface area contributed by atoms with Crippen LogP contribution in [0.4, 0.5) is 0 Å². The van der Waals surface area contributed by atoms with Gasteiger partial charge in [0.1, 0.15) is 0 Å². The van der Waals surface area contributed by atoms with Crippen LogP contribution < -0.4 is 5.32 Å². The van der Waals surface area contributed by atoms with Crippen LogP contribution in [0.3, 0.4) is 0 Å². The van der Waals surface area contributed by atoms with E-state index >= 15 is 0 Å². The standard InChI is InChI=1S/C9H13N3S/c1-2-4-12-6-9-8(10-7-13-9)5-11(12)3-1/h2,4,6,8,10H,1,3,5,7H2. The number of hydrogen-bond acceptors (Lipinski definition) is 4. The zero-order chi connectivity index (χ0) is 8.67. The molecule has 3 rings (SSSR count). The summed E-state index contributed by atoms with van der Waals surface area (Å²) in [7, 11) is 0. The molecule has 13 heavy (non-hydrogen) atoms. The van der Waals surface area contributed by atoms with Crippen molar-refractivity contribution in [1.29, 1.82) is 0 Å². The molecule has 0 amide bonds. The summed E-state index contributed by atoms with van der Waals surface area (Å²) in [5.74, 6) is 1.07. The van der Waals surface area contributed by atoms with E-state index in [1.54, 1.807) is 0 Å². The highest BCUT2D eigenvalue weighted by molar-refractivity contribution is 8.03. The molecular weight excluding hydrogens is 182 g/mol. The molecule has 1 saturated heterocycles. The molecule has 70 valence electrons. The third-order valence-electron chi connectivity index (χ3n) is 2.70. The van der Waals surface area contributed by atoms with Crippen LogP contribution in [0.5, 0.6) is 0 Å². The molecule has 0 saturated carbocycles. The van der Waals surface area contributed by atoms with Crippen LogP contribution in [0, 0.1) is 0 Å². The fourth-order valence-electron chi connectivity index (χ4n) is 1.98. The quantitative estimate of drug-likeness (QED) is 0.620. The van der Waals surface area contributed by atoms with E-state index in [-0.39, 0.29) is 0 Å². The number of hydrazine groups is 1. The predicted octanol–water partition coefficient (Wildman–Crippen LogP) is 0.940. The zero-order valence-corrected chi connectivity index (χ0v) is 8.26. The van der Waals surface area contributed by atoms with Gasteiger partial charge in [-0.05, 0) is 6.42 Å². The van der Waals surface area contributed by atoms with Gasteiger partial charge in [-0.2, -0.15) is 0 Å². The Morgan fingerprint density at radius 1 is 1.54 bits per heavy atom. The molecule has 3 aliphatic heterocycles. The van der Waals surface area contributed by atoms with Crippen LogP contribution in [0.2, 0.25) is 0 Å². The van der Waals surface area contributed by atoms with Gasteiger partial charge in [0.25, 0.3) is 0 Å². The molecule has 0 aliphatic carbocycles. The Morgan fingerprint density at radius 3 is 3.54 bits per heavy atom. The van der Waals surface area contributed by atoms with Crippen LogP contribution in [-0.2, 0) is 0 Å². The molecule has 0 spiro atoms. The lowest BCUT2D eigenvalue weighted by atomic mass is 10.2. The fraction of sp³-hybridized carbons (Fsp3) is 0.556. The maximum absolute atomic E-state index is 3.49. The van der Waals surface area contributed by atoms with E-state index in [1.165, 1.54) is 11.3 Å². The van der Waals surface area contributed by atoms with Crippen molar-refractivity contribution >= 4 is 11.8 Å². The number of rotatable bonds is 0. The lowest BCUT2D eigenvalue weighted by Gasteiger charge is -2.39. The van der Waals surface area contributed by atoms with Gasteiger partial charge in [0.15, 0.2) is 0 Å². The van der Waals surface area contributed by atoms with Crippen molar-refractivity contribution in [3.63, 3.8) is 0 Å². The summed E-state index contributed by atoms with van der Waals surface area (Å²) < 4.78 is 0.